The standard InChI is InChI=1S/C27H43F13O3/c1-8-9-10-11-12-13-14-20(22(41-17(2)3,42-18(4)5)43-19(6)7)15-16-21(28,29)23(30,31)24(32,33)25(34,35)26(36,37)27(38,39)40/h17-20H,8-16H2,1-7H3. The summed E-state index contributed by atoms with van der Waals surface area (Å²) >= 11 is 0. The van der Waals surface area contributed by atoms with Crippen LogP contribution in [0.1, 0.15) is 106 Å². The molecule has 0 fully saturated rings. The molecule has 43 heavy (non-hydrogen) atoms. The Kier molecular flexibility index (Phi) is 15.1. The minimum atomic E-state index is -7.94. The van der Waals surface area contributed by atoms with E-state index in [4.69, 9.17) is 14.2 Å². The van der Waals surface area contributed by atoms with Gasteiger partial charge >= 0.3 is 35.8 Å². The minimum Gasteiger partial charge on any atom is -0.324 e. The first kappa shape index (κ1) is 42.0. The van der Waals surface area contributed by atoms with E-state index in [9.17, 15) is 57.1 Å². The molecule has 0 aromatic carbocycles. The molecule has 0 heterocycles. The summed E-state index contributed by atoms with van der Waals surface area (Å²) in [6.07, 6.45) is -9.26. The highest BCUT2D eigenvalue weighted by molar-refractivity contribution is 5.10. The largest absolute Gasteiger partial charge is 0.460 e. The first-order valence-electron chi connectivity index (χ1n) is 14.2. The molecule has 0 aromatic rings. The number of hydrogen-bond acceptors (Lipinski definition) is 3. The molecule has 0 amide bonds. The zero-order valence-corrected chi connectivity index (χ0v) is 25.3. The lowest BCUT2D eigenvalue weighted by Gasteiger charge is -2.44. The minimum absolute atomic E-state index is 0.126. The van der Waals surface area contributed by atoms with E-state index in [1.807, 2.05) is 6.92 Å². The zero-order chi connectivity index (χ0) is 34.3. The van der Waals surface area contributed by atoms with Crippen LogP contribution >= 0.6 is 0 Å². The maximum Gasteiger partial charge on any atom is 0.460 e. The van der Waals surface area contributed by atoms with Crippen molar-refractivity contribution in [2.45, 2.75) is 166 Å². The van der Waals surface area contributed by atoms with Crippen molar-refractivity contribution in [1.29, 1.82) is 0 Å². The summed E-state index contributed by atoms with van der Waals surface area (Å²) < 4.78 is 195. The van der Waals surface area contributed by atoms with Gasteiger partial charge in [0.2, 0.25) is 0 Å². The summed E-state index contributed by atoms with van der Waals surface area (Å²) in [5.74, 6) is -40.7. The Morgan fingerprint density at radius 3 is 1.21 bits per heavy atom. The zero-order valence-electron chi connectivity index (χ0n) is 25.3. The molecule has 0 aliphatic rings. The molecule has 0 saturated carbocycles. The van der Waals surface area contributed by atoms with Crippen molar-refractivity contribution in [2.75, 3.05) is 0 Å². The van der Waals surface area contributed by atoms with Crippen LogP contribution in [-0.4, -0.2) is 60.1 Å². The molecule has 0 saturated heterocycles. The van der Waals surface area contributed by atoms with Crippen LogP contribution in [-0.2, 0) is 14.2 Å². The van der Waals surface area contributed by atoms with Crippen molar-refractivity contribution in [2.24, 2.45) is 5.92 Å². The molecule has 0 bridgehead atoms. The SMILES string of the molecule is CCCCCCCCC(CCC(F)(F)C(F)(F)C(F)(F)C(F)(F)C(F)(F)C(F)(F)F)C(OC(C)C)(OC(C)C)OC(C)C. The molecule has 0 spiro atoms. The third-order valence-corrected chi connectivity index (χ3v) is 6.41. The van der Waals surface area contributed by atoms with Crippen LogP contribution < -0.4 is 0 Å². The molecular weight excluding hydrogens is 619 g/mol. The lowest BCUT2D eigenvalue weighted by Crippen LogP contribution is -2.70. The van der Waals surface area contributed by atoms with E-state index < -0.39 is 78.8 Å². The molecule has 0 N–H and O–H groups in total. The van der Waals surface area contributed by atoms with Crippen molar-refractivity contribution in [3.05, 3.63) is 0 Å². The fraction of sp³-hybridized carbons (Fsp3) is 1.00. The van der Waals surface area contributed by atoms with Crippen molar-refractivity contribution >= 4 is 0 Å². The van der Waals surface area contributed by atoms with E-state index in [2.05, 4.69) is 0 Å². The second-order valence-corrected chi connectivity index (χ2v) is 11.4. The van der Waals surface area contributed by atoms with Crippen LogP contribution in [0.3, 0.4) is 0 Å². The number of hydrogen-bond donors (Lipinski definition) is 0. The number of alkyl halides is 13. The maximum atomic E-state index is 14.8. The Morgan fingerprint density at radius 2 is 0.837 bits per heavy atom. The van der Waals surface area contributed by atoms with E-state index in [-0.39, 0.29) is 12.8 Å². The van der Waals surface area contributed by atoms with E-state index in [1.54, 1.807) is 0 Å². The van der Waals surface area contributed by atoms with Gasteiger partial charge < -0.3 is 14.2 Å². The van der Waals surface area contributed by atoms with Gasteiger partial charge in [-0.15, -0.1) is 0 Å². The van der Waals surface area contributed by atoms with Gasteiger partial charge in [0, 0.05) is 12.3 Å². The second kappa shape index (κ2) is 15.5. The highest BCUT2D eigenvalue weighted by Gasteiger charge is 2.90. The van der Waals surface area contributed by atoms with Gasteiger partial charge in [-0.2, -0.15) is 57.1 Å². The molecule has 1 atom stereocenters. The van der Waals surface area contributed by atoms with Gasteiger partial charge in [0.25, 0.3) is 5.97 Å². The third-order valence-electron chi connectivity index (χ3n) is 6.41. The Hall–Kier alpha value is -1.03. The van der Waals surface area contributed by atoms with Crippen LogP contribution in [0.2, 0.25) is 0 Å². The van der Waals surface area contributed by atoms with Gasteiger partial charge in [0.1, 0.15) is 0 Å². The number of rotatable bonds is 21. The Balaban J connectivity index is 6.59. The molecule has 0 aliphatic carbocycles. The van der Waals surface area contributed by atoms with Gasteiger partial charge in [0.05, 0.1) is 18.3 Å². The molecular formula is C27H43F13O3. The highest BCUT2D eigenvalue weighted by atomic mass is 19.4. The quantitative estimate of drug-likeness (QED) is 0.0696. The molecule has 0 rings (SSSR count). The molecule has 3 nitrogen and oxygen atoms in total. The lowest BCUT2D eigenvalue weighted by atomic mass is 9.87. The van der Waals surface area contributed by atoms with Gasteiger partial charge in [-0.3, -0.25) is 0 Å². The lowest BCUT2D eigenvalue weighted by molar-refractivity contribution is -0.443. The number of ether oxygens (including phenoxy) is 3. The predicted octanol–water partition coefficient (Wildman–Crippen LogP) is 10.8. The first-order chi connectivity index (χ1) is 19.2. The van der Waals surface area contributed by atoms with Crippen LogP contribution in [0, 0.1) is 5.92 Å². The molecule has 260 valence electrons. The summed E-state index contributed by atoms with van der Waals surface area (Å²) in [6, 6.07) is 0. The molecule has 16 heteroatoms. The van der Waals surface area contributed by atoms with Crippen LogP contribution in [0.4, 0.5) is 57.1 Å². The van der Waals surface area contributed by atoms with E-state index in [0.717, 1.165) is 19.3 Å². The number of unbranched alkanes of at least 4 members (excludes halogenated alkanes) is 5. The predicted molar refractivity (Wildman–Crippen MR) is 133 cm³/mol. The van der Waals surface area contributed by atoms with Crippen LogP contribution in [0.25, 0.3) is 0 Å². The van der Waals surface area contributed by atoms with Crippen LogP contribution in [0.5, 0.6) is 0 Å². The van der Waals surface area contributed by atoms with Crippen molar-refractivity contribution in [3.8, 4) is 0 Å². The fourth-order valence-corrected chi connectivity index (χ4v) is 4.34. The highest BCUT2D eigenvalue weighted by Crippen LogP contribution is 2.61. The van der Waals surface area contributed by atoms with E-state index in [0.29, 0.717) is 12.8 Å². The van der Waals surface area contributed by atoms with Gasteiger partial charge in [-0.05, 0) is 54.4 Å². The molecule has 0 aromatic heterocycles. The third kappa shape index (κ3) is 9.98. The van der Waals surface area contributed by atoms with Gasteiger partial charge in [0.15, 0.2) is 0 Å². The monoisotopic (exact) mass is 662 g/mol. The fourth-order valence-electron chi connectivity index (χ4n) is 4.34. The normalized spacial score (nSPS) is 15.7. The van der Waals surface area contributed by atoms with Crippen LogP contribution in [0.15, 0.2) is 0 Å². The molecule has 0 aliphatic heterocycles. The summed E-state index contributed by atoms with van der Waals surface area (Å²) in [5.41, 5.74) is 0. The summed E-state index contributed by atoms with van der Waals surface area (Å²) in [5, 5.41) is 0. The smallest absolute Gasteiger partial charge is 0.324 e. The average Bonchev–Trinajstić information content (AvgIpc) is 2.80. The Labute approximate surface area is 244 Å². The van der Waals surface area contributed by atoms with E-state index >= 15 is 0 Å². The van der Waals surface area contributed by atoms with Crippen molar-refractivity contribution in [1.82, 2.24) is 0 Å². The maximum absolute atomic E-state index is 14.8. The topological polar surface area (TPSA) is 27.7 Å². The second-order valence-electron chi connectivity index (χ2n) is 11.4. The Bertz CT molecular complexity index is 786. The summed E-state index contributed by atoms with van der Waals surface area (Å²) in [4.78, 5) is 0. The Morgan fingerprint density at radius 1 is 0.465 bits per heavy atom. The molecule has 1 unspecified atom stereocenters. The van der Waals surface area contributed by atoms with Crippen molar-refractivity contribution in [3.63, 3.8) is 0 Å². The van der Waals surface area contributed by atoms with Gasteiger partial charge in [-0.1, -0.05) is 45.4 Å². The average molecular weight is 663 g/mol. The van der Waals surface area contributed by atoms with E-state index in [1.165, 1.54) is 41.5 Å². The van der Waals surface area contributed by atoms with Gasteiger partial charge in [-0.25, -0.2) is 0 Å². The summed E-state index contributed by atoms with van der Waals surface area (Å²) in [6.45, 7) is 10.9. The first-order valence-corrected chi connectivity index (χ1v) is 14.2. The summed E-state index contributed by atoms with van der Waals surface area (Å²) in [7, 11) is 0. The number of halogens is 13. The van der Waals surface area contributed by atoms with Crippen molar-refractivity contribution < 1.29 is 71.3 Å². The molecule has 0 radical (unpaired) electrons.